The summed E-state index contributed by atoms with van der Waals surface area (Å²) in [5, 5.41) is 58.3. The van der Waals surface area contributed by atoms with Crippen molar-refractivity contribution in [2.24, 2.45) is 0 Å². The Morgan fingerprint density at radius 3 is 1.47 bits per heavy atom. The number of ether oxygens (including phenoxy) is 2. The highest BCUT2D eigenvalue weighted by Crippen LogP contribution is 2.40. The Kier molecular flexibility index (Phi) is 14.4. The van der Waals surface area contributed by atoms with E-state index in [4.69, 9.17) is 19.7 Å². The summed E-state index contributed by atoms with van der Waals surface area (Å²) in [4.78, 5) is 3.82. The molecule has 0 aliphatic rings. The smallest absolute Gasteiger partial charge is 0.180 e. The number of fused-ring (bicyclic) bond motifs is 2. The molecule has 0 unspecified atom stereocenters. The number of aromatic nitrogens is 6. The fourth-order valence-corrected chi connectivity index (χ4v) is 8.70. The van der Waals surface area contributed by atoms with E-state index in [1.54, 1.807) is 30.0 Å². The maximum absolute atomic E-state index is 12.3. The van der Waals surface area contributed by atoms with Crippen LogP contribution < -0.4 is 9.47 Å². The number of phenols is 2. The standard InChI is InChI=1S/C25H27N3O5S.C25H27N3O3S/c1-25(2,3)20-13-18(33-16-17-7-5-4-6-8-17)14-23(24(20)30)28-26-21-10-9-19(15-22(21)27-28)34(31,32)12-11-29;1-25(2,3)20-13-18(31-16-17-7-5-4-6-8-17)14-23(24(20)30)28-26-21-10-9-19(32-12-11-29)15-22(21)27-28/h4-10,13-15,29-30H,11-12,16H2,1-3H3;4-10,13-15,29-30H,11-12,16H2,1-3H3. The molecule has 2 aromatic heterocycles. The van der Waals surface area contributed by atoms with Crippen molar-refractivity contribution in [2.75, 3.05) is 24.7 Å². The number of nitrogens with zero attached hydrogens (tertiary/aromatic N) is 6. The Balaban J connectivity index is 0.000000197. The van der Waals surface area contributed by atoms with Crippen LogP contribution in [0.1, 0.15) is 63.8 Å². The summed E-state index contributed by atoms with van der Waals surface area (Å²) >= 11 is 1.56. The molecule has 0 fully saturated rings. The quantitative estimate of drug-likeness (QED) is 0.0756. The minimum absolute atomic E-state index is 0.0213. The van der Waals surface area contributed by atoms with Crippen LogP contribution in [0.25, 0.3) is 33.4 Å². The van der Waals surface area contributed by atoms with Crippen LogP contribution in [0, 0.1) is 0 Å². The number of aliphatic hydroxyl groups is 2. The summed E-state index contributed by atoms with van der Waals surface area (Å²) in [6.07, 6.45) is 0. The summed E-state index contributed by atoms with van der Waals surface area (Å²) in [5.41, 5.74) is 5.89. The van der Waals surface area contributed by atoms with Gasteiger partial charge in [0.1, 0.15) is 69.7 Å². The van der Waals surface area contributed by atoms with Crippen LogP contribution in [0.3, 0.4) is 0 Å². The van der Waals surface area contributed by atoms with E-state index < -0.39 is 16.4 Å². The maximum atomic E-state index is 12.3. The zero-order valence-corrected chi connectivity index (χ0v) is 39.3. The van der Waals surface area contributed by atoms with E-state index in [0.717, 1.165) is 32.6 Å². The highest BCUT2D eigenvalue weighted by atomic mass is 32.2. The highest BCUT2D eigenvalue weighted by Gasteiger charge is 2.26. The van der Waals surface area contributed by atoms with E-state index in [2.05, 4.69) is 20.4 Å². The van der Waals surface area contributed by atoms with Gasteiger partial charge in [-0.25, -0.2) is 8.42 Å². The third kappa shape index (κ3) is 11.3. The number of aliphatic hydroxyl groups excluding tert-OH is 2. The number of benzene rings is 6. The van der Waals surface area contributed by atoms with Gasteiger partial charge in [-0.2, -0.15) is 0 Å². The van der Waals surface area contributed by atoms with Crippen molar-refractivity contribution in [1.82, 2.24) is 30.0 Å². The Hall–Kier alpha value is -6.46. The SMILES string of the molecule is CC(C)(C)c1cc(OCc2ccccc2)cc(-n2nc3ccc(S(=O)(=O)CCO)cc3n2)c1O.CC(C)(C)c1cc(OCc2ccccc2)cc(-n2nc3ccc(SCCO)cc3n2)c1O. The molecule has 8 aromatic rings. The second-order valence-electron chi connectivity index (χ2n) is 17.6. The first-order chi connectivity index (χ1) is 31.4. The first-order valence-corrected chi connectivity index (χ1v) is 24.0. The van der Waals surface area contributed by atoms with Crippen LogP contribution in [0.5, 0.6) is 23.0 Å². The number of aromatic hydroxyl groups is 2. The summed E-state index contributed by atoms with van der Waals surface area (Å²) in [5.74, 6) is 1.60. The normalized spacial score (nSPS) is 12.0. The van der Waals surface area contributed by atoms with Gasteiger partial charge in [-0.15, -0.1) is 41.7 Å². The van der Waals surface area contributed by atoms with E-state index in [1.807, 2.05) is 133 Å². The monoisotopic (exact) mass is 930 g/mol. The van der Waals surface area contributed by atoms with Gasteiger partial charge in [0.25, 0.3) is 0 Å². The van der Waals surface area contributed by atoms with E-state index in [1.165, 1.54) is 21.7 Å². The lowest BCUT2D eigenvalue weighted by atomic mass is 9.86. The molecule has 6 aromatic carbocycles. The van der Waals surface area contributed by atoms with Crippen LogP contribution in [0.4, 0.5) is 0 Å². The minimum atomic E-state index is -3.63. The molecule has 0 saturated carbocycles. The molecule has 0 atom stereocenters. The van der Waals surface area contributed by atoms with Crippen LogP contribution >= 0.6 is 11.8 Å². The second kappa shape index (κ2) is 20.0. The first-order valence-electron chi connectivity index (χ1n) is 21.3. The topological polar surface area (TPSA) is 195 Å². The highest BCUT2D eigenvalue weighted by molar-refractivity contribution is 7.99. The lowest BCUT2D eigenvalue weighted by Gasteiger charge is -2.23. The molecule has 0 aliphatic heterocycles. The molecule has 0 amide bonds. The molecule has 0 radical (unpaired) electrons. The molecule has 344 valence electrons. The molecular weight excluding hydrogens is 877 g/mol. The lowest BCUT2D eigenvalue weighted by Crippen LogP contribution is -2.13. The van der Waals surface area contributed by atoms with Gasteiger partial charge in [-0.1, -0.05) is 102 Å². The van der Waals surface area contributed by atoms with Gasteiger partial charge in [0, 0.05) is 33.9 Å². The minimum Gasteiger partial charge on any atom is -0.505 e. The van der Waals surface area contributed by atoms with E-state index in [-0.39, 0.29) is 39.6 Å². The molecule has 0 bridgehead atoms. The number of thioether (sulfide) groups is 1. The molecule has 8 rings (SSSR count). The third-order valence-electron chi connectivity index (χ3n) is 10.5. The van der Waals surface area contributed by atoms with Crippen LogP contribution in [0.15, 0.2) is 131 Å². The van der Waals surface area contributed by atoms with Gasteiger partial charge < -0.3 is 29.9 Å². The van der Waals surface area contributed by atoms with Crippen LogP contribution in [-0.4, -0.2) is 83.6 Å². The van der Waals surface area contributed by atoms with Crippen molar-refractivity contribution >= 4 is 43.7 Å². The lowest BCUT2D eigenvalue weighted by molar-refractivity contribution is 0.304. The predicted octanol–water partition coefficient (Wildman–Crippen LogP) is 8.86. The van der Waals surface area contributed by atoms with Crippen molar-refractivity contribution < 1.29 is 38.3 Å². The largest absolute Gasteiger partial charge is 0.505 e. The van der Waals surface area contributed by atoms with Gasteiger partial charge in [-0.05, 0) is 70.5 Å². The Morgan fingerprint density at radius 2 is 1.02 bits per heavy atom. The average Bonchev–Trinajstić information content (AvgIpc) is 3.92. The van der Waals surface area contributed by atoms with Crippen molar-refractivity contribution in [3.05, 3.63) is 144 Å². The molecular formula is C50H54N6O8S2. The van der Waals surface area contributed by atoms with Crippen LogP contribution in [0.2, 0.25) is 0 Å². The van der Waals surface area contributed by atoms with Gasteiger partial charge >= 0.3 is 0 Å². The number of sulfone groups is 1. The van der Waals surface area contributed by atoms with Crippen molar-refractivity contribution in [1.29, 1.82) is 0 Å². The van der Waals surface area contributed by atoms with Gasteiger partial charge in [0.2, 0.25) is 0 Å². The summed E-state index contributed by atoms with van der Waals surface area (Å²) < 4.78 is 36.7. The number of hydrogen-bond donors (Lipinski definition) is 4. The maximum Gasteiger partial charge on any atom is 0.180 e. The fraction of sp³-hybridized carbons (Fsp3) is 0.280. The molecule has 0 saturated heterocycles. The number of rotatable bonds is 14. The number of phenolic OH excluding ortho intramolecular Hbond substituents is 2. The van der Waals surface area contributed by atoms with Gasteiger partial charge in [0.15, 0.2) is 9.84 Å². The van der Waals surface area contributed by atoms with Gasteiger partial charge in [0.05, 0.1) is 23.9 Å². The van der Waals surface area contributed by atoms with Gasteiger partial charge in [-0.3, -0.25) is 0 Å². The van der Waals surface area contributed by atoms with Crippen LogP contribution in [-0.2, 0) is 33.9 Å². The second-order valence-corrected chi connectivity index (χ2v) is 20.9. The van der Waals surface area contributed by atoms with Crippen molar-refractivity contribution in [3.8, 4) is 34.4 Å². The molecule has 66 heavy (non-hydrogen) atoms. The molecule has 14 nitrogen and oxygen atoms in total. The summed E-state index contributed by atoms with van der Waals surface area (Å²) in [7, 11) is -3.63. The fourth-order valence-electron chi connectivity index (χ4n) is 6.97. The van der Waals surface area contributed by atoms with E-state index in [9.17, 15) is 18.6 Å². The molecule has 0 aliphatic carbocycles. The molecule has 4 N–H and O–H groups in total. The molecule has 0 spiro atoms. The number of hydrogen-bond acceptors (Lipinski definition) is 13. The predicted molar refractivity (Wildman–Crippen MR) is 257 cm³/mol. The molecule has 16 heteroatoms. The molecule has 2 heterocycles. The Bertz CT molecular complexity index is 3050. The first kappa shape index (κ1) is 47.5. The third-order valence-corrected chi connectivity index (χ3v) is 13.1. The van der Waals surface area contributed by atoms with E-state index in [0.29, 0.717) is 58.4 Å². The Morgan fingerprint density at radius 1 is 0.561 bits per heavy atom. The zero-order chi connectivity index (χ0) is 47.2. The zero-order valence-electron chi connectivity index (χ0n) is 37.7. The van der Waals surface area contributed by atoms with Crippen molar-refractivity contribution in [3.63, 3.8) is 0 Å². The van der Waals surface area contributed by atoms with Crippen molar-refractivity contribution in [2.45, 2.75) is 75.4 Å². The summed E-state index contributed by atoms with van der Waals surface area (Å²) in [6, 6.07) is 37.1. The van der Waals surface area contributed by atoms with E-state index >= 15 is 0 Å². The Labute approximate surface area is 388 Å². The summed E-state index contributed by atoms with van der Waals surface area (Å²) in [6.45, 7) is 12.5. The average molecular weight is 931 g/mol.